The lowest BCUT2D eigenvalue weighted by molar-refractivity contribution is -0.139. The zero-order chi connectivity index (χ0) is 22.5. The van der Waals surface area contributed by atoms with Crippen LogP contribution in [0.4, 0.5) is 0 Å². The van der Waals surface area contributed by atoms with Crippen molar-refractivity contribution in [2.75, 3.05) is 6.54 Å². The highest BCUT2D eigenvalue weighted by molar-refractivity contribution is 6.46. The van der Waals surface area contributed by atoms with Crippen LogP contribution in [0, 0.1) is 6.92 Å². The number of likely N-dealkylation sites (tertiary alicyclic amines) is 1. The smallest absolute Gasteiger partial charge is 0.295 e. The third-order valence-corrected chi connectivity index (χ3v) is 5.38. The van der Waals surface area contributed by atoms with Gasteiger partial charge in [0.05, 0.1) is 17.7 Å². The molecule has 1 amide bonds. The van der Waals surface area contributed by atoms with Gasteiger partial charge >= 0.3 is 0 Å². The molecule has 1 fully saturated rings. The molecule has 1 aliphatic heterocycles. The van der Waals surface area contributed by atoms with Crippen molar-refractivity contribution in [3.05, 3.63) is 70.8 Å². The van der Waals surface area contributed by atoms with Crippen LogP contribution in [0.15, 0.2) is 54.1 Å². The molecule has 31 heavy (non-hydrogen) atoms. The molecule has 1 heterocycles. The molecule has 5 heteroatoms. The highest BCUT2D eigenvalue weighted by Crippen LogP contribution is 2.40. The van der Waals surface area contributed by atoms with Crippen LogP contribution in [0.3, 0.4) is 0 Å². The number of Topliss-reactive ketones (excluding diaryl/α,β-unsaturated/α-hetero) is 1. The Hall–Kier alpha value is -3.08. The molecule has 0 bridgehead atoms. The van der Waals surface area contributed by atoms with E-state index in [4.69, 9.17) is 4.74 Å². The molecule has 0 aromatic heterocycles. The number of ketones is 1. The zero-order valence-corrected chi connectivity index (χ0v) is 18.7. The van der Waals surface area contributed by atoms with Crippen molar-refractivity contribution >= 4 is 17.4 Å². The van der Waals surface area contributed by atoms with Crippen molar-refractivity contribution in [1.29, 1.82) is 0 Å². The van der Waals surface area contributed by atoms with E-state index in [1.807, 2.05) is 45.0 Å². The second kappa shape index (κ2) is 9.82. The minimum Gasteiger partial charge on any atom is -0.507 e. The Morgan fingerprint density at radius 1 is 1.10 bits per heavy atom. The van der Waals surface area contributed by atoms with E-state index in [0.717, 1.165) is 30.4 Å². The molecule has 2 aromatic rings. The monoisotopic (exact) mass is 421 g/mol. The molecule has 1 saturated heterocycles. The van der Waals surface area contributed by atoms with Gasteiger partial charge in [-0.25, -0.2) is 0 Å². The molecule has 0 spiro atoms. The van der Waals surface area contributed by atoms with E-state index >= 15 is 0 Å². The Bertz CT molecular complexity index is 992. The van der Waals surface area contributed by atoms with E-state index < -0.39 is 17.7 Å². The van der Waals surface area contributed by atoms with Gasteiger partial charge in [-0.05, 0) is 44.9 Å². The highest BCUT2D eigenvalue weighted by Gasteiger charge is 2.45. The Balaban J connectivity index is 2.10. The molecule has 5 nitrogen and oxygen atoms in total. The lowest BCUT2D eigenvalue weighted by Gasteiger charge is -2.25. The third kappa shape index (κ3) is 4.98. The standard InChI is InChI=1S/C26H31NO4/c1-5-6-7-14-27-23(19-11-8-10-18(4)15-19)22(25(29)26(27)30)24(28)20-12-9-13-21(16-20)31-17(2)3/h8-13,15-17,23,28H,5-7,14H2,1-4H3/b24-22-. The lowest BCUT2D eigenvalue weighted by Crippen LogP contribution is -2.30. The van der Waals surface area contributed by atoms with Crippen LogP contribution in [0.2, 0.25) is 0 Å². The molecule has 164 valence electrons. The molecule has 2 aromatic carbocycles. The van der Waals surface area contributed by atoms with Crippen molar-refractivity contribution in [2.24, 2.45) is 0 Å². The van der Waals surface area contributed by atoms with Crippen molar-refractivity contribution < 1.29 is 19.4 Å². The Labute approximate surface area is 184 Å². The van der Waals surface area contributed by atoms with Crippen molar-refractivity contribution in [1.82, 2.24) is 4.90 Å². The predicted molar refractivity (Wildman–Crippen MR) is 122 cm³/mol. The van der Waals surface area contributed by atoms with Crippen LogP contribution < -0.4 is 4.74 Å². The first-order chi connectivity index (χ1) is 14.8. The number of hydrogen-bond acceptors (Lipinski definition) is 4. The fourth-order valence-corrected chi connectivity index (χ4v) is 3.97. The van der Waals surface area contributed by atoms with Crippen molar-refractivity contribution in [3.8, 4) is 5.75 Å². The number of rotatable bonds is 8. The number of aliphatic hydroxyl groups excluding tert-OH is 1. The summed E-state index contributed by atoms with van der Waals surface area (Å²) >= 11 is 0. The molecule has 0 aliphatic carbocycles. The van der Waals surface area contributed by atoms with E-state index in [2.05, 4.69) is 6.92 Å². The summed E-state index contributed by atoms with van der Waals surface area (Å²) in [6.07, 6.45) is 2.78. The minimum atomic E-state index is -0.643. The van der Waals surface area contributed by atoms with E-state index in [1.54, 1.807) is 29.2 Å². The van der Waals surface area contributed by atoms with Gasteiger partial charge in [-0.1, -0.05) is 61.7 Å². The normalized spacial score (nSPS) is 18.1. The summed E-state index contributed by atoms with van der Waals surface area (Å²) in [7, 11) is 0. The molecule has 3 rings (SSSR count). The molecule has 0 saturated carbocycles. The fourth-order valence-electron chi connectivity index (χ4n) is 3.97. The molecule has 1 unspecified atom stereocenters. The van der Waals surface area contributed by atoms with Gasteiger partial charge in [-0.15, -0.1) is 0 Å². The maximum Gasteiger partial charge on any atom is 0.295 e. The van der Waals surface area contributed by atoms with Gasteiger partial charge in [0.15, 0.2) is 0 Å². The largest absolute Gasteiger partial charge is 0.507 e. The molecule has 0 radical (unpaired) electrons. The van der Waals surface area contributed by atoms with Gasteiger partial charge in [0.1, 0.15) is 11.5 Å². The van der Waals surface area contributed by atoms with Crippen molar-refractivity contribution in [3.63, 3.8) is 0 Å². The van der Waals surface area contributed by atoms with Crippen molar-refractivity contribution in [2.45, 2.75) is 59.1 Å². The number of ether oxygens (including phenoxy) is 1. The maximum absolute atomic E-state index is 13.1. The van der Waals surface area contributed by atoms with Crippen LogP contribution in [0.25, 0.3) is 5.76 Å². The second-order valence-electron chi connectivity index (χ2n) is 8.31. The van der Waals surface area contributed by atoms with Crippen LogP contribution in [0.1, 0.15) is 62.8 Å². The van der Waals surface area contributed by atoms with Gasteiger partial charge in [0, 0.05) is 12.1 Å². The summed E-state index contributed by atoms with van der Waals surface area (Å²) < 4.78 is 5.73. The summed E-state index contributed by atoms with van der Waals surface area (Å²) in [5.74, 6) is -0.769. The number of carbonyl (C=O) groups is 2. The summed E-state index contributed by atoms with van der Waals surface area (Å²) in [4.78, 5) is 27.6. The Morgan fingerprint density at radius 3 is 2.52 bits per heavy atom. The topological polar surface area (TPSA) is 66.8 Å². The molecule has 1 N–H and O–H groups in total. The number of benzene rings is 2. The van der Waals surface area contributed by atoms with Gasteiger partial charge in [0.2, 0.25) is 0 Å². The van der Waals surface area contributed by atoms with Crippen LogP contribution in [0.5, 0.6) is 5.75 Å². The summed E-state index contributed by atoms with van der Waals surface area (Å²) in [5, 5.41) is 11.2. The predicted octanol–water partition coefficient (Wildman–Crippen LogP) is 5.39. The molecule has 1 atom stereocenters. The van der Waals surface area contributed by atoms with Gasteiger partial charge in [-0.3, -0.25) is 9.59 Å². The highest BCUT2D eigenvalue weighted by atomic mass is 16.5. The van der Waals surface area contributed by atoms with Crippen LogP contribution in [-0.2, 0) is 9.59 Å². The van der Waals surface area contributed by atoms with Gasteiger partial charge in [0.25, 0.3) is 11.7 Å². The SMILES string of the molecule is CCCCCN1C(=O)C(=O)/C(=C(\O)c2cccc(OC(C)C)c2)C1c1cccc(C)c1. The van der Waals surface area contributed by atoms with Gasteiger partial charge in [-0.2, -0.15) is 0 Å². The summed E-state index contributed by atoms with van der Waals surface area (Å²) in [6.45, 7) is 8.39. The Morgan fingerprint density at radius 2 is 1.84 bits per heavy atom. The molecular formula is C26H31NO4. The number of carbonyl (C=O) groups excluding carboxylic acids is 2. The van der Waals surface area contributed by atoms with E-state index in [0.29, 0.717) is 17.9 Å². The molecule has 1 aliphatic rings. The number of unbranched alkanes of at least 4 members (excludes halogenated alkanes) is 2. The lowest BCUT2D eigenvalue weighted by atomic mass is 9.94. The second-order valence-corrected chi connectivity index (χ2v) is 8.31. The minimum absolute atomic E-state index is 0.0196. The first-order valence-electron chi connectivity index (χ1n) is 11.0. The fraction of sp³-hybridized carbons (Fsp3) is 0.385. The first kappa shape index (κ1) is 22.6. The van der Waals surface area contributed by atoms with E-state index in [9.17, 15) is 14.7 Å². The van der Waals surface area contributed by atoms with Crippen LogP contribution >= 0.6 is 0 Å². The van der Waals surface area contributed by atoms with E-state index in [1.165, 1.54) is 0 Å². The average Bonchev–Trinajstić information content (AvgIpc) is 2.98. The number of amides is 1. The third-order valence-electron chi connectivity index (χ3n) is 5.38. The molecular weight excluding hydrogens is 390 g/mol. The number of aryl methyl sites for hydroxylation is 1. The first-order valence-corrected chi connectivity index (χ1v) is 11.0. The quantitative estimate of drug-likeness (QED) is 0.268. The number of nitrogens with zero attached hydrogens (tertiary/aromatic N) is 1. The summed E-state index contributed by atoms with van der Waals surface area (Å²) in [6, 6.07) is 14.1. The summed E-state index contributed by atoms with van der Waals surface area (Å²) in [5.41, 5.74) is 2.45. The van der Waals surface area contributed by atoms with Crippen LogP contribution in [-0.4, -0.2) is 34.3 Å². The average molecular weight is 422 g/mol. The van der Waals surface area contributed by atoms with Gasteiger partial charge < -0.3 is 14.7 Å². The van der Waals surface area contributed by atoms with E-state index in [-0.39, 0.29) is 17.4 Å². The number of hydrogen-bond donors (Lipinski definition) is 1. The Kier molecular flexibility index (Phi) is 7.16. The zero-order valence-electron chi connectivity index (χ0n) is 18.7. The number of aliphatic hydroxyl groups is 1. The maximum atomic E-state index is 13.1.